The summed E-state index contributed by atoms with van der Waals surface area (Å²) in [5, 5.41) is 21.4. The van der Waals surface area contributed by atoms with Crippen molar-refractivity contribution in [3.8, 4) is 17.1 Å². The number of aryl methyl sites for hydroxylation is 1. The molecule has 26 heavy (non-hydrogen) atoms. The Hall–Kier alpha value is -2.41. The van der Waals surface area contributed by atoms with Gasteiger partial charge < -0.3 is 20.2 Å². The Balaban J connectivity index is 1.56. The lowest BCUT2D eigenvalue weighted by atomic mass is 10.1. The van der Waals surface area contributed by atoms with Gasteiger partial charge in [0.15, 0.2) is 5.76 Å². The molecule has 0 aliphatic carbocycles. The molecule has 0 radical (unpaired) electrons. The van der Waals surface area contributed by atoms with Crippen molar-refractivity contribution in [2.45, 2.75) is 19.6 Å². The van der Waals surface area contributed by atoms with Gasteiger partial charge in [0.2, 0.25) is 0 Å². The Kier molecular flexibility index (Phi) is 4.88. The van der Waals surface area contributed by atoms with Crippen molar-refractivity contribution in [1.29, 1.82) is 0 Å². The fourth-order valence-electron chi connectivity index (χ4n) is 3.34. The smallest absolute Gasteiger partial charge is 0.154 e. The molecule has 3 aromatic rings. The van der Waals surface area contributed by atoms with E-state index in [9.17, 15) is 5.11 Å². The van der Waals surface area contributed by atoms with E-state index in [1.807, 2.05) is 60.3 Å². The van der Waals surface area contributed by atoms with Crippen LogP contribution < -0.4 is 10.6 Å². The number of nitrogens with one attached hydrogen (secondary N) is 2. The Morgan fingerprint density at radius 3 is 2.77 bits per heavy atom. The van der Waals surface area contributed by atoms with Gasteiger partial charge in [-0.05, 0) is 31.2 Å². The van der Waals surface area contributed by atoms with E-state index >= 15 is 0 Å². The van der Waals surface area contributed by atoms with E-state index in [1.165, 1.54) is 0 Å². The third-order valence-corrected chi connectivity index (χ3v) is 4.81. The van der Waals surface area contributed by atoms with Gasteiger partial charge in [0.1, 0.15) is 11.5 Å². The van der Waals surface area contributed by atoms with Gasteiger partial charge in [0.25, 0.3) is 0 Å². The van der Waals surface area contributed by atoms with Crippen LogP contribution in [0.2, 0.25) is 0 Å². The highest BCUT2D eigenvalue weighted by atomic mass is 16.3. The molecule has 6 heteroatoms. The molecular formula is C20H24N4O2. The minimum Gasteiger partial charge on any atom is -0.460 e. The first-order valence-corrected chi connectivity index (χ1v) is 9.01. The van der Waals surface area contributed by atoms with E-state index in [4.69, 9.17) is 9.52 Å². The van der Waals surface area contributed by atoms with Crippen molar-refractivity contribution in [2.75, 3.05) is 19.6 Å². The largest absolute Gasteiger partial charge is 0.460 e. The zero-order valence-electron chi connectivity index (χ0n) is 14.9. The molecule has 2 aromatic heterocycles. The first-order chi connectivity index (χ1) is 12.7. The molecule has 0 saturated carbocycles. The number of nitrogens with zero attached hydrogens (tertiary/aromatic N) is 2. The predicted octanol–water partition coefficient (Wildman–Crippen LogP) is 2.11. The number of aromatic nitrogens is 2. The molecule has 3 N–H and O–H groups in total. The minimum atomic E-state index is -0.276. The van der Waals surface area contributed by atoms with E-state index in [-0.39, 0.29) is 12.0 Å². The van der Waals surface area contributed by atoms with Crippen LogP contribution in [0.25, 0.3) is 17.1 Å². The Morgan fingerprint density at radius 2 is 2.08 bits per heavy atom. The van der Waals surface area contributed by atoms with Gasteiger partial charge >= 0.3 is 0 Å². The lowest BCUT2D eigenvalue weighted by molar-refractivity contribution is 0.146. The number of aliphatic hydroxyl groups excluding tert-OH is 1. The van der Waals surface area contributed by atoms with Gasteiger partial charge in [-0.25, -0.2) is 4.68 Å². The zero-order chi connectivity index (χ0) is 17.9. The van der Waals surface area contributed by atoms with Crippen LogP contribution in [0.15, 0.2) is 53.1 Å². The molecule has 1 saturated heterocycles. The first-order valence-electron chi connectivity index (χ1n) is 9.01. The molecule has 0 bridgehead atoms. The number of hydrogen-bond donors (Lipinski definition) is 3. The summed E-state index contributed by atoms with van der Waals surface area (Å²) >= 11 is 0. The van der Waals surface area contributed by atoms with Crippen LogP contribution in [-0.2, 0) is 6.54 Å². The quantitative estimate of drug-likeness (QED) is 0.634. The molecule has 1 aromatic carbocycles. The van der Waals surface area contributed by atoms with Crippen LogP contribution in [0.3, 0.4) is 0 Å². The highest BCUT2D eigenvalue weighted by molar-refractivity contribution is 5.57. The van der Waals surface area contributed by atoms with Crippen molar-refractivity contribution >= 4 is 0 Å². The van der Waals surface area contributed by atoms with Crippen molar-refractivity contribution in [3.05, 3.63) is 60.0 Å². The van der Waals surface area contributed by atoms with E-state index in [1.54, 1.807) is 0 Å². The van der Waals surface area contributed by atoms with Crippen molar-refractivity contribution in [1.82, 2.24) is 20.4 Å². The van der Waals surface area contributed by atoms with E-state index in [0.29, 0.717) is 13.1 Å². The highest BCUT2D eigenvalue weighted by Crippen LogP contribution is 2.25. The lowest BCUT2D eigenvalue weighted by Gasteiger charge is -2.13. The summed E-state index contributed by atoms with van der Waals surface area (Å²) < 4.78 is 7.69. The second-order valence-electron chi connectivity index (χ2n) is 6.81. The number of benzene rings is 1. The second kappa shape index (κ2) is 7.45. The Bertz CT molecular complexity index is 856. The van der Waals surface area contributed by atoms with Gasteiger partial charge in [-0.15, -0.1) is 0 Å². The predicted molar refractivity (Wildman–Crippen MR) is 100 cm³/mol. The van der Waals surface area contributed by atoms with Crippen LogP contribution in [0.1, 0.15) is 11.3 Å². The number of aliphatic hydroxyl groups is 1. The van der Waals surface area contributed by atoms with Crippen molar-refractivity contribution < 1.29 is 9.52 Å². The molecular weight excluding hydrogens is 328 g/mol. The minimum absolute atomic E-state index is 0.244. The summed E-state index contributed by atoms with van der Waals surface area (Å²) in [5.74, 6) is 1.89. The summed E-state index contributed by atoms with van der Waals surface area (Å²) in [6, 6.07) is 14.0. The molecule has 1 fully saturated rings. The molecule has 3 heterocycles. The third-order valence-electron chi connectivity index (χ3n) is 4.81. The molecule has 1 aliphatic heterocycles. The van der Waals surface area contributed by atoms with E-state index in [0.717, 1.165) is 41.6 Å². The monoisotopic (exact) mass is 352 g/mol. The maximum atomic E-state index is 9.94. The topological polar surface area (TPSA) is 75.2 Å². The number of β-amino-alcohol motifs (C(OH)–C–C–N with tert-alkyl or cyclic N) is 1. The fraction of sp³-hybridized carbons (Fsp3) is 0.350. The first kappa shape index (κ1) is 17.0. The normalized spacial score (nSPS) is 19.9. The molecule has 2 unspecified atom stereocenters. The average Bonchev–Trinajstić information content (AvgIpc) is 3.37. The Morgan fingerprint density at radius 1 is 1.23 bits per heavy atom. The molecule has 1 aliphatic rings. The lowest BCUT2D eigenvalue weighted by Crippen LogP contribution is -2.30. The van der Waals surface area contributed by atoms with Crippen LogP contribution in [0.4, 0.5) is 0 Å². The Labute approximate surface area is 152 Å². The summed E-state index contributed by atoms with van der Waals surface area (Å²) in [6.45, 7) is 4.90. The average molecular weight is 352 g/mol. The summed E-state index contributed by atoms with van der Waals surface area (Å²) in [6.07, 6.45) is 1.76. The van der Waals surface area contributed by atoms with Crippen molar-refractivity contribution in [2.24, 2.45) is 5.92 Å². The number of hydrogen-bond acceptors (Lipinski definition) is 5. The van der Waals surface area contributed by atoms with Crippen LogP contribution >= 0.6 is 0 Å². The van der Waals surface area contributed by atoms with Gasteiger partial charge in [-0.1, -0.05) is 18.2 Å². The second-order valence-corrected chi connectivity index (χ2v) is 6.81. The van der Waals surface area contributed by atoms with E-state index in [2.05, 4.69) is 10.6 Å². The summed E-state index contributed by atoms with van der Waals surface area (Å²) in [5.41, 5.74) is 2.93. The molecule has 6 nitrogen and oxygen atoms in total. The van der Waals surface area contributed by atoms with Crippen LogP contribution in [0.5, 0.6) is 0 Å². The third kappa shape index (κ3) is 3.58. The van der Waals surface area contributed by atoms with E-state index < -0.39 is 0 Å². The van der Waals surface area contributed by atoms with Gasteiger partial charge in [-0.3, -0.25) is 0 Å². The molecule has 0 spiro atoms. The standard InChI is InChI=1S/C20H24N4O2/c1-14-7-8-19(26-14)20-16(11-21-9-15-10-22-12-18(15)25)13-24(23-20)17-5-3-2-4-6-17/h2-8,13,15,18,21-22,25H,9-12H2,1H3. The molecule has 136 valence electrons. The summed E-state index contributed by atoms with van der Waals surface area (Å²) in [7, 11) is 0. The molecule has 4 rings (SSSR count). The van der Waals surface area contributed by atoms with Crippen LogP contribution in [-0.4, -0.2) is 40.6 Å². The van der Waals surface area contributed by atoms with Crippen LogP contribution in [0, 0.1) is 12.8 Å². The molecule has 2 atom stereocenters. The number of rotatable bonds is 6. The molecule has 0 amide bonds. The van der Waals surface area contributed by atoms with Crippen molar-refractivity contribution in [3.63, 3.8) is 0 Å². The maximum absolute atomic E-state index is 9.94. The maximum Gasteiger partial charge on any atom is 0.154 e. The van der Waals surface area contributed by atoms with Gasteiger partial charge in [0, 0.05) is 43.9 Å². The fourth-order valence-corrected chi connectivity index (χ4v) is 3.34. The highest BCUT2D eigenvalue weighted by Gasteiger charge is 2.24. The van der Waals surface area contributed by atoms with Gasteiger partial charge in [0.05, 0.1) is 11.8 Å². The number of para-hydroxylation sites is 1. The summed E-state index contributed by atoms with van der Waals surface area (Å²) in [4.78, 5) is 0. The zero-order valence-corrected chi connectivity index (χ0v) is 14.9. The SMILES string of the molecule is Cc1ccc(-c2nn(-c3ccccc3)cc2CNCC2CNCC2O)o1. The number of furan rings is 1. The van der Waals surface area contributed by atoms with Gasteiger partial charge in [-0.2, -0.15) is 5.10 Å².